The summed E-state index contributed by atoms with van der Waals surface area (Å²) in [4.78, 5) is 29.8. The van der Waals surface area contributed by atoms with Crippen LogP contribution in [-0.4, -0.2) is 91.2 Å². The first-order valence-corrected chi connectivity index (χ1v) is 9.19. The Morgan fingerprint density at radius 3 is 2.38 bits per heavy atom. The first-order valence-electron chi connectivity index (χ1n) is 9.19. The van der Waals surface area contributed by atoms with Crippen LogP contribution in [0.3, 0.4) is 0 Å². The van der Waals surface area contributed by atoms with E-state index in [0.29, 0.717) is 37.8 Å². The van der Waals surface area contributed by atoms with E-state index in [-0.39, 0.29) is 11.9 Å². The lowest BCUT2D eigenvalue weighted by atomic mass is 9.95. The van der Waals surface area contributed by atoms with Crippen LogP contribution in [0.5, 0.6) is 0 Å². The number of imide groups is 1. The number of carbonyl (C=O) groups excluding carboxylic acids is 2. The van der Waals surface area contributed by atoms with Gasteiger partial charge in [0, 0.05) is 32.7 Å². The van der Waals surface area contributed by atoms with Crippen molar-refractivity contribution in [1.29, 1.82) is 0 Å². The molecule has 0 radical (unpaired) electrons. The summed E-state index contributed by atoms with van der Waals surface area (Å²) in [5.41, 5.74) is 0. The molecule has 0 unspecified atom stereocenters. The SMILES string of the molecule is C[C@@H]1CN(CC2CCN(CC(=O)N3CCNC3=O)CC2)C[C@@H](C)O1. The van der Waals surface area contributed by atoms with Crippen LogP contribution in [0.4, 0.5) is 4.79 Å². The smallest absolute Gasteiger partial charge is 0.324 e. The second-order valence-corrected chi connectivity index (χ2v) is 7.47. The minimum Gasteiger partial charge on any atom is -0.373 e. The van der Waals surface area contributed by atoms with Crippen LogP contribution in [0.2, 0.25) is 0 Å². The Kier molecular flexibility index (Phi) is 5.73. The number of nitrogens with zero attached hydrogens (tertiary/aromatic N) is 3. The van der Waals surface area contributed by atoms with Crippen molar-refractivity contribution < 1.29 is 14.3 Å². The Hall–Kier alpha value is -1.18. The van der Waals surface area contributed by atoms with Crippen LogP contribution in [0, 0.1) is 5.92 Å². The molecule has 0 aromatic heterocycles. The number of likely N-dealkylation sites (tertiary alicyclic amines) is 1. The zero-order valence-electron chi connectivity index (χ0n) is 14.9. The molecule has 0 aliphatic carbocycles. The average Bonchev–Trinajstić information content (AvgIpc) is 2.94. The average molecular weight is 338 g/mol. The van der Waals surface area contributed by atoms with Crippen molar-refractivity contribution in [1.82, 2.24) is 20.0 Å². The summed E-state index contributed by atoms with van der Waals surface area (Å²) in [5.74, 6) is 0.628. The van der Waals surface area contributed by atoms with Crippen LogP contribution in [0.25, 0.3) is 0 Å². The van der Waals surface area contributed by atoms with E-state index in [4.69, 9.17) is 4.74 Å². The Morgan fingerprint density at radius 1 is 1.12 bits per heavy atom. The molecule has 2 atom stereocenters. The van der Waals surface area contributed by atoms with E-state index >= 15 is 0 Å². The molecule has 0 aromatic rings. The summed E-state index contributed by atoms with van der Waals surface area (Å²) in [6, 6.07) is -0.245. The summed E-state index contributed by atoms with van der Waals surface area (Å²) < 4.78 is 5.80. The topological polar surface area (TPSA) is 65.1 Å². The number of rotatable bonds is 4. The lowest BCUT2D eigenvalue weighted by Gasteiger charge is -2.39. The van der Waals surface area contributed by atoms with Crippen molar-refractivity contribution in [2.45, 2.75) is 38.9 Å². The van der Waals surface area contributed by atoms with Crippen molar-refractivity contribution in [3.05, 3.63) is 0 Å². The molecule has 1 N–H and O–H groups in total. The summed E-state index contributed by atoms with van der Waals surface area (Å²) in [6.45, 7) is 10.8. The zero-order valence-corrected chi connectivity index (χ0v) is 14.9. The highest BCUT2D eigenvalue weighted by atomic mass is 16.5. The number of morpholine rings is 1. The highest BCUT2D eigenvalue weighted by molar-refractivity contribution is 5.96. The van der Waals surface area contributed by atoms with Gasteiger partial charge in [-0.1, -0.05) is 0 Å². The third-order valence-corrected chi connectivity index (χ3v) is 5.24. The maximum absolute atomic E-state index is 12.2. The molecule has 3 amide bonds. The number of hydrogen-bond donors (Lipinski definition) is 1. The van der Waals surface area contributed by atoms with Crippen LogP contribution in [0.15, 0.2) is 0 Å². The fourth-order valence-corrected chi connectivity index (χ4v) is 4.11. The molecule has 7 heteroatoms. The predicted octanol–water partition coefficient (Wildman–Crippen LogP) is 0.359. The molecule has 3 saturated heterocycles. The van der Waals surface area contributed by atoms with Crippen molar-refractivity contribution in [2.24, 2.45) is 5.92 Å². The van der Waals surface area contributed by atoms with Crippen LogP contribution in [0.1, 0.15) is 26.7 Å². The van der Waals surface area contributed by atoms with Gasteiger partial charge in [-0.25, -0.2) is 4.79 Å². The van der Waals surface area contributed by atoms with Gasteiger partial charge in [-0.3, -0.25) is 19.5 Å². The fraction of sp³-hybridized carbons (Fsp3) is 0.882. The molecule has 24 heavy (non-hydrogen) atoms. The highest BCUT2D eigenvalue weighted by Crippen LogP contribution is 2.21. The van der Waals surface area contributed by atoms with Gasteiger partial charge in [0.25, 0.3) is 0 Å². The summed E-state index contributed by atoms with van der Waals surface area (Å²) in [7, 11) is 0. The lowest BCUT2D eigenvalue weighted by molar-refractivity contribution is -0.129. The molecule has 3 aliphatic heterocycles. The molecule has 0 bridgehead atoms. The van der Waals surface area contributed by atoms with E-state index in [1.165, 1.54) is 4.90 Å². The highest BCUT2D eigenvalue weighted by Gasteiger charge is 2.30. The van der Waals surface area contributed by atoms with Gasteiger partial charge in [0.1, 0.15) is 0 Å². The van der Waals surface area contributed by atoms with Crippen molar-refractivity contribution >= 4 is 11.9 Å². The normalized spacial score (nSPS) is 30.6. The van der Waals surface area contributed by atoms with E-state index in [2.05, 4.69) is 29.0 Å². The first-order chi connectivity index (χ1) is 11.5. The molecule has 7 nitrogen and oxygen atoms in total. The van der Waals surface area contributed by atoms with Gasteiger partial charge in [-0.05, 0) is 45.7 Å². The predicted molar refractivity (Wildman–Crippen MR) is 90.7 cm³/mol. The quantitative estimate of drug-likeness (QED) is 0.802. The van der Waals surface area contributed by atoms with E-state index in [0.717, 1.165) is 45.6 Å². The molecule has 3 heterocycles. The third-order valence-electron chi connectivity index (χ3n) is 5.24. The molecule has 3 rings (SSSR count). The monoisotopic (exact) mass is 338 g/mol. The molecule has 3 fully saturated rings. The molecule has 0 spiro atoms. The second-order valence-electron chi connectivity index (χ2n) is 7.47. The number of urea groups is 1. The Labute approximate surface area is 144 Å². The fourth-order valence-electron chi connectivity index (χ4n) is 4.11. The van der Waals surface area contributed by atoms with Crippen LogP contribution in [-0.2, 0) is 9.53 Å². The lowest BCUT2D eigenvalue weighted by Crippen LogP contribution is -2.49. The van der Waals surface area contributed by atoms with Crippen molar-refractivity contribution in [3.63, 3.8) is 0 Å². The van der Waals surface area contributed by atoms with E-state index in [9.17, 15) is 9.59 Å². The Bertz CT molecular complexity index is 455. The minimum atomic E-state index is -0.245. The first kappa shape index (κ1) is 17.6. The largest absolute Gasteiger partial charge is 0.373 e. The number of hydrogen-bond acceptors (Lipinski definition) is 5. The summed E-state index contributed by atoms with van der Waals surface area (Å²) in [5, 5.41) is 2.68. The Balaban J connectivity index is 1.39. The number of amides is 3. The van der Waals surface area contributed by atoms with Crippen LogP contribution < -0.4 is 5.32 Å². The van der Waals surface area contributed by atoms with Gasteiger partial charge in [-0.2, -0.15) is 0 Å². The number of ether oxygens (including phenoxy) is 1. The standard InChI is InChI=1S/C17H30N4O3/c1-13-9-20(10-14(2)24-13)11-15-3-6-19(7-4-15)12-16(22)21-8-5-18-17(21)23/h13-15H,3-12H2,1-2H3,(H,18,23)/t13-,14-/m1/s1. The van der Waals surface area contributed by atoms with Crippen LogP contribution >= 0.6 is 0 Å². The third kappa shape index (κ3) is 4.46. The maximum atomic E-state index is 12.2. The molecule has 0 saturated carbocycles. The molecule has 3 aliphatic rings. The number of nitrogens with one attached hydrogen (secondary N) is 1. The van der Waals surface area contributed by atoms with E-state index < -0.39 is 0 Å². The van der Waals surface area contributed by atoms with Gasteiger partial charge in [0.05, 0.1) is 18.8 Å². The van der Waals surface area contributed by atoms with Gasteiger partial charge in [0.2, 0.25) is 5.91 Å². The molecule has 136 valence electrons. The van der Waals surface area contributed by atoms with Gasteiger partial charge < -0.3 is 10.1 Å². The zero-order chi connectivity index (χ0) is 17.1. The van der Waals surface area contributed by atoms with Crippen molar-refractivity contribution in [2.75, 3.05) is 52.4 Å². The van der Waals surface area contributed by atoms with Gasteiger partial charge in [0.15, 0.2) is 0 Å². The molecular weight excluding hydrogens is 308 g/mol. The molecular formula is C17H30N4O3. The summed E-state index contributed by atoms with van der Waals surface area (Å²) >= 11 is 0. The number of carbonyl (C=O) groups is 2. The minimum absolute atomic E-state index is 0.0701. The molecule has 0 aromatic carbocycles. The van der Waals surface area contributed by atoms with E-state index in [1.807, 2.05) is 0 Å². The summed E-state index contributed by atoms with van der Waals surface area (Å²) in [6.07, 6.45) is 2.88. The van der Waals surface area contributed by atoms with Crippen molar-refractivity contribution in [3.8, 4) is 0 Å². The van der Waals surface area contributed by atoms with Gasteiger partial charge in [-0.15, -0.1) is 0 Å². The maximum Gasteiger partial charge on any atom is 0.324 e. The second kappa shape index (κ2) is 7.80. The Morgan fingerprint density at radius 2 is 1.79 bits per heavy atom. The van der Waals surface area contributed by atoms with Gasteiger partial charge >= 0.3 is 6.03 Å². The van der Waals surface area contributed by atoms with E-state index in [1.54, 1.807) is 0 Å². The number of piperidine rings is 1.